The van der Waals surface area contributed by atoms with Gasteiger partial charge in [0, 0.05) is 37.1 Å². The molecule has 2 aromatic rings. The van der Waals surface area contributed by atoms with E-state index in [4.69, 9.17) is 0 Å². The zero-order valence-corrected chi connectivity index (χ0v) is 14.0. The van der Waals surface area contributed by atoms with Gasteiger partial charge >= 0.3 is 0 Å². The Labute approximate surface area is 140 Å². The number of carbonyl (C=O) groups is 2. The van der Waals surface area contributed by atoms with E-state index in [0.717, 1.165) is 5.56 Å². The molecule has 0 radical (unpaired) electrons. The highest BCUT2D eigenvalue weighted by atomic mass is 35.5. The van der Waals surface area contributed by atoms with Crippen molar-refractivity contribution in [2.24, 2.45) is 7.05 Å². The van der Waals surface area contributed by atoms with Gasteiger partial charge in [0.15, 0.2) is 0 Å². The van der Waals surface area contributed by atoms with Gasteiger partial charge in [-0.1, -0.05) is 6.07 Å². The number of benzene rings is 1. The lowest BCUT2D eigenvalue weighted by Gasteiger charge is -2.15. The molecule has 2 amide bonds. The third-order valence-corrected chi connectivity index (χ3v) is 3.06. The number of hydrogen-bond acceptors (Lipinski definition) is 4. The van der Waals surface area contributed by atoms with Gasteiger partial charge in [-0.25, -0.2) is 0 Å². The number of aromatic nitrogens is 2. The summed E-state index contributed by atoms with van der Waals surface area (Å²) in [5.41, 5.74) is 2.02. The van der Waals surface area contributed by atoms with Crippen molar-refractivity contribution in [2.45, 2.75) is 13.0 Å². The first-order valence-electron chi connectivity index (χ1n) is 6.84. The van der Waals surface area contributed by atoms with Crippen LogP contribution in [0.25, 0.3) is 0 Å². The van der Waals surface area contributed by atoms with Crippen LogP contribution in [-0.4, -0.2) is 28.6 Å². The first-order chi connectivity index (χ1) is 10.5. The predicted octanol–water partition coefficient (Wildman–Crippen LogP) is 1.70. The van der Waals surface area contributed by atoms with Gasteiger partial charge in [-0.3, -0.25) is 14.3 Å². The second-order valence-corrected chi connectivity index (χ2v) is 4.92. The van der Waals surface area contributed by atoms with E-state index in [2.05, 4.69) is 21.0 Å². The van der Waals surface area contributed by atoms with Crippen LogP contribution in [0.2, 0.25) is 0 Å². The standard InChI is InChI=1S/C15H19N5O2.ClH/c1-10(21)18-12-5-4-6-13(7-12)19-15(22)14(16-2)11-8-17-20(3)9-11;/h4-9,14,16H,1-3H3,(H,18,21)(H,19,22);1H. The first-order valence-corrected chi connectivity index (χ1v) is 6.84. The number of carbonyl (C=O) groups excluding carboxylic acids is 2. The van der Waals surface area contributed by atoms with Crippen LogP contribution in [0.4, 0.5) is 11.4 Å². The van der Waals surface area contributed by atoms with Crippen molar-refractivity contribution in [3.8, 4) is 0 Å². The Morgan fingerprint density at radius 1 is 1.22 bits per heavy atom. The Bertz CT molecular complexity index is 686. The number of halogens is 1. The molecule has 7 nitrogen and oxygen atoms in total. The van der Waals surface area contributed by atoms with E-state index in [-0.39, 0.29) is 24.2 Å². The van der Waals surface area contributed by atoms with Crippen molar-refractivity contribution in [2.75, 3.05) is 17.7 Å². The van der Waals surface area contributed by atoms with Crippen molar-refractivity contribution in [3.05, 3.63) is 42.2 Å². The Morgan fingerprint density at radius 2 is 1.87 bits per heavy atom. The SMILES string of the molecule is CNC(C(=O)Nc1cccc(NC(C)=O)c1)c1cnn(C)c1.Cl. The molecule has 0 aliphatic heterocycles. The molecule has 0 aliphatic carbocycles. The van der Waals surface area contributed by atoms with Crippen LogP contribution < -0.4 is 16.0 Å². The highest BCUT2D eigenvalue weighted by Crippen LogP contribution is 2.18. The molecule has 0 saturated carbocycles. The molecule has 1 aromatic carbocycles. The number of likely N-dealkylation sites (N-methyl/N-ethyl adjacent to an activating group) is 1. The molecule has 1 heterocycles. The topological polar surface area (TPSA) is 88.1 Å². The van der Waals surface area contributed by atoms with Crippen molar-refractivity contribution in [1.29, 1.82) is 0 Å². The molecule has 3 N–H and O–H groups in total. The number of anilines is 2. The van der Waals surface area contributed by atoms with Crippen LogP contribution in [-0.2, 0) is 16.6 Å². The lowest BCUT2D eigenvalue weighted by Crippen LogP contribution is -2.30. The van der Waals surface area contributed by atoms with E-state index >= 15 is 0 Å². The van der Waals surface area contributed by atoms with Gasteiger partial charge in [-0.2, -0.15) is 5.10 Å². The van der Waals surface area contributed by atoms with Crippen molar-refractivity contribution >= 4 is 35.6 Å². The summed E-state index contributed by atoms with van der Waals surface area (Å²) in [7, 11) is 3.51. The fourth-order valence-electron chi connectivity index (χ4n) is 2.13. The summed E-state index contributed by atoms with van der Waals surface area (Å²) < 4.78 is 1.64. The van der Waals surface area contributed by atoms with Gasteiger partial charge in [0.05, 0.1) is 6.20 Å². The molecule has 0 fully saturated rings. The van der Waals surface area contributed by atoms with E-state index in [1.54, 1.807) is 55.4 Å². The number of nitrogens with zero attached hydrogens (tertiary/aromatic N) is 2. The maximum Gasteiger partial charge on any atom is 0.246 e. The minimum absolute atomic E-state index is 0. The molecule has 0 spiro atoms. The summed E-state index contributed by atoms with van der Waals surface area (Å²) in [6, 6.07) is 6.49. The Kier molecular flexibility index (Phi) is 6.74. The van der Waals surface area contributed by atoms with Crippen LogP contribution in [0, 0.1) is 0 Å². The van der Waals surface area contributed by atoms with Gasteiger partial charge in [0.1, 0.15) is 6.04 Å². The molecule has 1 aromatic heterocycles. The number of hydrogen-bond donors (Lipinski definition) is 3. The van der Waals surface area contributed by atoms with E-state index in [9.17, 15) is 9.59 Å². The van der Waals surface area contributed by atoms with Crippen molar-refractivity contribution in [1.82, 2.24) is 15.1 Å². The highest BCUT2D eigenvalue weighted by Gasteiger charge is 2.20. The molecule has 2 rings (SSSR count). The van der Waals surface area contributed by atoms with E-state index in [1.807, 2.05) is 0 Å². The second kappa shape index (κ2) is 8.30. The van der Waals surface area contributed by atoms with Crippen LogP contribution in [0.1, 0.15) is 18.5 Å². The summed E-state index contributed by atoms with van der Waals surface area (Å²) in [6.07, 6.45) is 3.43. The molecular formula is C15H20ClN5O2. The zero-order valence-electron chi connectivity index (χ0n) is 13.2. The lowest BCUT2D eigenvalue weighted by atomic mass is 10.1. The normalized spacial score (nSPS) is 11.3. The summed E-state index contributed by atoms with van der Waals surface area (Å²) in [6.45, 7) is 1.44. The summed E-state index contributed by atoms with van der Waals surface area (Å²) >= 11 is 0. The average Bonchev–Trinajstić information content (AvgIpc) is 2.85. The molecule has 124 valence electrons. The zero-order chi connectivity index (χ0) is 16.1. The van der Waals surface area contributed by atoms with Gasteiger partial charge in [0.25, 0.3) is 0 Å². The number of amides is 2. The quantitative estimate of drug-likeness (QED) is 0.775. The molecule has 0 bridgehead atoms. The minimum Gasteiger partial charge on any atom is -0.326 e. The largest absolute Gasteiger partial charge is 0.326 e. The smallest absolute Gasteiger partial charge is 0.246 e. The molecule has 1 atom stereocenters. The predicted molar refractivity (Wildman–Crippen MR) is 91.6 cm³/mol. The molecule has 1 unspecified atom stereocenters. The lowest BCUT2D eigenvalue weighted by molar-refractivity contribution is -0.118. The number of aryl methyl sites for hydroxylation is 1. The van der Waals surface area contributed by atoms with Gasteiger partial charge in [-0.15, -0.1) is 12.4 Å². The van der Waals surface area contributed by atoms with Crippen LogP contribution in [0.5, 0.6) is 0 Å². The third kappa shape index (κ3) is 5.08. The van der Waals surface area contributed by atoms with E-state index in [0.29, 0.717) is 11.4 Å². The van der Waals surface area contributed by atoms with E-state index < -0.39 is 6.04 Å². The van der Waals surface area contributed by atoms with Crippen molar-refractivity contribution in [3.63, 3.8) is 0 Å². The molecule has 23 heavy (non-hydrogen) atoms. The summed E-state index contributed by atoms with van der Waals surface area (Å²) in [4.78, 5) is 23.5. The molecular weight excluding hydrogens is 318 g/mol. The van der Waals surface area contributed by atoms with Crippen LogP contribution in [0.15, 0.2) is 36.7 Å². The monoisotopic (exact) mass is 337 g/mol. The highest BCUT2D eigenvalue weighted by molar-refractivity contribution is 5.96. The summed E-state index contributed by atoms with van der Waals surface area (Å²) in [5, 5.41) is 12.5. The Morgan fingerprint density at radius 3 is 2.39 bits per heavy atom. The maximum absolute atomic E-state index is 12.4. The maximum atomic E-state index is 12.4. The minimum atomic E-state index is -0.502. The number of rotatable bonds is 5. The van der Waals surface area contributed by atoms with Gasteiger partial charge < -0.3 is 16.0 Å². The fourth-order valence-corrected chi connectivity index (χ4v) is 2.13. The fraction of sp³-hybridized carbons (Fsp3) is 0.267. The third-order valence-electron chi connectivity index (χ3n) is 3.06. The molecule has 0 saturated heterocycles. The number of nitrogens with one attached hydrogen (secondary N) is 3. The van der Waals surface area contributed by atoms with Crippen LogP contribution >= 0.6 is 12.4 Å². The van der Waals surface area contributed by atoms with E-state index in [1.165, 1.54) is 6.92 Å². The van der Waals surface area contributed by atoms with Crippen LogP contribution in [0.3, 0.4) is 0 Å². The summed E-state index contributed by atoms with van der Waals surface area (Å²) in [5.74, 6) is -0.359. The molecule has 8 heteroatoms. The average molecular weight is 338 g/mol. The Balaban J connectivity index is 0.00000264. The first kappa shape index (κ1) is 18.7. The van der Waals surface area contributed by atoms with Gasteiger partial charge in [-0.05, 0) is 25.2 Å². The molecule has 0 aliphatic rings. The van der Waals surface area contributed by atoms with Gasteiger partial charge in [0.2, 0.25) is 11.8 Å². The Hall–Kier alpha value is -2.38. The second-order valence-electron chi connectivity index (χ2n) is 4.92. The van der Waals surface area contributed by atoms with Crippen molar-refractivity contribution < 1.29 is 9.59 Å².